The second-order valence-corrected chi connectivity index (χ2v) is 5.57. The van der Waals surface area contributed by atoms with Gasteiger partial charge < -0.3 is 16.2 Å². The lowest BCUT2D eigenvalue weighted by molar-refractivity contribution is -0.136. The summed E-state index contributed by atoms with van der Waals surface area (Å²) in [5.41, 5.74) is 8.28. The van der Waals surface area contributed by atoms with Crippen LogP contribution in [0.15, 0.2) is 29.6 Å². The van der Waals surface area contributed by atoms with E-state index in [1.54, 1.807) is 0 Å². The van der Waals surface area contributed by atoms with Gasteiger partial charge in [0.25, 0.3) is 0 Å². The minimum Gasteiger partial charge on any atom is -0.481 e. The molecule has 1 aromatic heterocycles. The third-order valence-corrected chi connectivity index (χ3v) is 3.93. The Bertz CT molecular complexity index is 652. The smallest absolute Gasteiger partial charge is 0.305 e. The number of aromatic nitrogens is 1. The predicted octanol–water partition coefficient (Wildman–Crippen LogP) is 1.40. The topological polar surface area (TPSA) is 105 Å². The Morgan fingerprint density at radius 2 is 2.00 bits per heavy atom. The second-order valence-electron chi connectivity index (χ2n) is 4.72. The number of amides is 1. The fraction of sp³-hybridized carbons (Fsp3) is 0.267. The molecule has 2 rings (SSSR count). The molecule has 0 aliphatic heterocycles. The molecule has 4 N–H and O–H groups in total. The molecule has 0 radical (unpaired) electrons. The van der Waals surface area contributed by atoms with Crippen molar-refractivity contribution in [1.29, 1.82) is 0 Å². The van der Waals surface area contributed by atoms with Crippen LogP contribution < -0.4 is 11.1 Å². The molecule has 6 nitrogen and oxygen atoms in total. The van der Waals surface area contributed by atoms with Crippen molar-refractivity contribution in [3.8, 4) is 10.6 Å². The monoisotopic (exact) mass is 319 g/mol. The zero-order valence-corrected chi connectivity index (χ0v) is 12.7. The van der Waals surface area contributed by atoms with Gasteiger partial charge in [0.1, 0.15) is 5.01 Å². The van der Waals surface area contributed by atoms with Crippen molar-refractivity contribution in [3.05, 3.63) is 40.9 Å². The van der Waals surface area contributed by atoms with E-state index >= 15 is 0 Å². The lowest BCUT2D eigenvalue weighted by atomic mass is 10.1. The van der Waals surface area contributed by atoms with E-state index < -0.39 is 5.97 Å². The number of hydrogen-bond donors (Lipinski definition) is 3. The summed E-state index contributed by atoms with van der Waals surface area (Å²) < 4.78 is 0. The summed E-state index contributed by atoms with van der Waals surface area (Å²) >= 11 is 1.47. The molecule has 0 saturated carbocycles. The van der Waals surface area contributed by atoms with Crippen LogP contribution in [0.3, 0.4) is 0 Å². The Morgan fingerprint density at radius 1 is 1.27 bits per heavy atom. The van der Waals surface area contributed by atoms with Crippen LogP contribution in [-0.2, 0) is 22.6 Å². The normalized spacial score (nSPS) is 10.4. The molecule has 0 aliphatic rings. The molecule has 1 amide bonds. The van der Waals surface area contributed by atoms with Crippen molar-refractivity contribution in [2.75, 3.05) is 6.54 Å². The van der Waals surface area contributed by atoms with E-state index in [-0.39, 0.29) is 25.3 Å². The van der Waals surface area contributed by atoms with Crippen molar-refractivity contribution in [2.24, 2.45) is 5.73 Å². The first kappa shape index (κ1) is 16.1. The van der Waals surface area contributed by atoms with E-state index in [1.807, 2.05) is 29.6 Å². The van der Waals surface area contributed by atoms with Gasteiger partial charge in [0.15, 0.2) is 0 Å². The first-order chi connectivity index (χ1) is 10.6. The maximum Gasteiger partial charge on any atom is 0.305 e. The molecule has 2 aromatic rings. The van der Waals surface area contributed by atoms with Crippen LogP contribution in [0.1, 0.15) is 17.7 Å². The molecule has 0 aliphatic carbocycles. The molecule has 0 saturated heterocycles. The number of nitrogens with zero attached hydrogens (tertiary/aromatic N) is 1. The largest absolute Gasteiger partial charge is 0.481 e. The number of hydrogen-bond acceptors (Lipinski definition) is 5. The molecule has 1 aromatic carbocycles. The predicted molar refractivity (Wildman–Crippen MR) is 84.4 cm³/mol. The summed E-state index contributed by atoms with van der Waals surface area (Å²) in [6, 6.07) is 7.82. The highest BCUT2D eigenvalue weighted by atomic mass is 32.1. The second kappa shape index (κ2) is 7.67. The van der Waals surface area contributed by atoms with Crippen LogP contribution in [0.25, 0.3) is 10.6 Å². The van der Waals surface area contributed by atoms with Crippen LogP contribution in [0.4, 0.5) is 0 Å². The van der Waals surface area contributed by atoms with Crippen LogP contribution >= 0.6 is 11.3 Å². The van der Waals surface area contributed by atoms with E-state index in [4.69, 9.17) is 10.8 Å². The fourth-order valence-electron chi connectivity index (χ4n) is 1.84. The van der Waals surface area contributed by atoms with E-state index in [0.717, 1.165) is 16.1 Å². The lowest BCUT2D eigenvalue weighted by Gasteiger charge is -2.01. The van der Waals surface area contributed by atoms with Crippen molar-refractivity contribution in [3.63, 3.8) is 0 Å². The number of thiazole rings is 1. The molecule has 0 atom stereocenters. The van der Waals surface area contributed by atoms with Gasteiger partial charge in [-0.2, -0.15) is 0 Å². The highest BCUT2D eigenvalue weighted by Crippen LogP contribution is 2.24. The van der Waals surface area contributed by atoms with Gasteiger partial charge in [-0.05, 0) is 5.56 Å². The van der Waals surface area contributed by atoms with E-state index in [2.05, 4.69) is 10.3 Å². The maximum absolute atomic E-state index is 11.7. The summed E-state index contributed by atoms with van der Waals surface area (Å²) in [6.45, 7) is 0.631. The maximum atomic E-state index is 11.7. The van der Waals surface area contributed by atoms with Crippen LogP contribution in [0.5, 0.6) is 0 Å². The van der Waals surface area contributed by atoms with E-state index in [9.17, 15) is 9.59 Å². The van der Waals surface area contributed by atoms with Gasteiger partial charge in [-0.15, -0.1) is 11.3 Å². The van der Waals surface area contributed by atoms with Gasteiger partial charge >= 0.3 is 5.97 Å². The average Bonchev–Trinajstić information content (AvgIpc) is 2.95. The van der Waals surface area contributed by atoms with Crippen molar-refractivity contribution >= 4 is 23.2 Å². The molecule has 116 valence electrons. The fourth-order valence-corrected chi connectivity index (χ4v) is 2.67. The number of aliphatic carboxylic acids is 1. The van der Waals surface area contributed by atoms with Crippen LogP contribution in [0, 0.1) is 0 Å². The van der Waals surface area contributed by atoms with Gasteiger partial charge in [0, 0.05) is 24.0 Å². The van der Waals surface area contributed by atoms with Gasteiger partial charge in [-0.3, -0.25) is 9.59 Å². The van der Waals surface area contributed by atoms with Gasteiger partial charge in [-0.25, -0.2) is 4.98 Å². The number of carbonyl (C=O) groups excluding carboxylic acids is 1. The highest BCUT2D eigenvalue weighted by molar-refractivity contribution is 7.13. The number of nitrogens with one attached hydrogen (secondary N) is 1. The number of benzene rings is 1. The number of carboxylic acids is 1. The summed E-state index contributed by atoms with van der Waals surface area (Å²) in [5.74, 6) is -1.16. The molecule has 22 heavy (non-hydrogen) atoms. The molecule has 0 bridgehead atoms. The standard InChI is InChI=1S/C15H17N3O3S/c16-8-10-1-3-11(4-2-10)15-18-12(9-22-15)7-13(19)17-6-5-14(20)21/h1-4,9H,5-8,16H2,(H,17,19)(H,20,21). The van der Waals surface area contributed by atoms with Crippen molar-refractivity contribution < 1.29 is 14.7 Å². The molecule has 0 unspecified atom stereocenters. The summed E-state index contributed by atoms with van der Waals surface area (Å²) in [5, 5.41) is 13.8. The van der Waals surface area contributed by atoms with Crippen molar-refractivity contribution in [2.45, 2.75) is 19.4 Å². The van der Waals surface area contributed by atoms with E-state index in [1.165, 1.54) is 11.3 Å². The Kier molecular flexibility index (Phi) is 5.62. The SMILES string of the molecule is NCc1ccc(-c2nc(CC(=O)NCCC(=O)O)cs2)cc1. The minimum atomic E-state index is -0.933. The molecular formula is C15H17N3O3S. The first-order valence-electron chi connectivity index (χ1n) is 6.80. The van der Waals surface area contributed by atoms with Gasteiger partial charge in [-0.1, -0.05) is 24.3 Å². The quantitative estimate of drug-likeness (QED) is 0.715. The Balaban J connectivity index is 1.93. The lowest BCUT2D eigenvalue weighted by Crippen LogP contribution is -2.27. The molecule has 1 heterocycles. The first-order valence-corrected chi connectivity index (χ1v) is 7.68. The molecule has 0 spiro atoms. The minimum absolute atomic E-state index is 0.0818. The zero-order chi connectivity index (χ0) is 15.9. The van der Waals surface area contributed by atoms with E-state index in [0.29, 0.717) is 12.2 Å². The number of carbonyl (C=O) groups is 2. The summed E-state index contributed by atoms with van der Waals surface area (Å²) in [6.07, 6.45) is 0.0680. The van der Waals surface area contributed by atoms with Gasteiger partial charge in [0.05, 0.1) is 18.5 Å². The summed E-state index contributed by atoms with van der Waals surface area (Å²) in [7, 11) is 0. The average molecular weight is 319 g/mol. The Morgan fingerprint density at radius 3 is 2.64 bits per heavy atom. The zero-order valence-electron chi connectivity index (χ0n) is 11.9. The molecule has 0 fully saturated rings. The van der Waals surface area contributed by atoms with Crippen molar-refractivity contribution in [1.82, 2.24) is 10.3 Å². The van der Waals surface area contributed by atoms with Crippen LogP contribution in [0.2, 0.25) is 0 Å². The number of rotatable bonds is 7. The van der Waals surface area contributed by atoms with Gasteiger partial charge in [0.2, 0.25) is 5.91 Å². The van der Waals surface area contributed by atoms with Crippen LogP contribution in [-0.4, -0.2) is 28.5 Å². The number of carboxylic acid groups (broad SMARTS) is 1. The third-order valence-electron chi connectivity index (χ3n) is 2.99. The molecule has 7 heteroatoms. The summed E-state index contributed by atoms with van der Waals surface area (Å²) in [4.78, 5) is 26.5. The third kappa shape index (κ3) is 4.64. The Hall–Kier alpha value is -2.25. The Labute approximate surface area is 132 Å². The number of nitrogens with two attached hydrogens (primary N) is 1. The highest BCUT2D eigenvalue weighted by Gasteiger charge is 2.09. The molecular weight excluding hydrogens is 302 g/mol.